The van der Waals surface area contributed by atoms with E-state index >= 15 is 0 Å². The van der Waals surface area contributed by atoms with Gasteiger partial charge in [-0.3, -0.25) is 4.79 Å². The van der Waals surface area contributed by atoms with Crippen LogP contribution in [-0.2, 0) is 9.53 Å². The van der Waals surface area contributed by atoms with Crippen LogP contribution < -0.4 is 5.43 Å². The molecule has 6 heteroatoms. The number of piperidine rings is 1. The Balaban J connectivity index is 1.87. The first-order chi connectivity index (χ1) is 11.3. The lowest BCUT2D eigenvalue weighted by Crippen LogP contribution is -2.54. The van der Waals surface area contributed by atoms with Crippen LogP contribution in [0.5, 0.6) is 0 Å². The van der Waals surface area contributed by atoms with Crippen LogP contribution in [0.4, 0.5) is 4.79 Å². The van der Waals surface area contributed by atoms with Crippen LogP contribution in [0.1, 0.15) is 39.2 Å². The van der Waals surface area contributed by atoms with Crippen LogP contribution in [-0.4, -0.2) is 41.3 Å². The van der Waals surface area contributed by atoms with Crippen molar-refractivity contribution in [1.29, 1.82) is 0 Å². The number of hydrazone groups is 1. The first-order valence-corrected chi connectivity index (χ1v) is 8.24. The van der Waals surface area contributed by atoms with Gasteiger partial charge in [-0.15, -0.1) is 0 Å². The molecule has 2 heterocycles. The summed E-state index contributed by atoms with van der Waals surface area (Å²) in [6.07, 6.45) is 1.03. The molecular weight excluding hydrogens is 306 g/mol. The Morgan fingerprint density at radius 3 is 2.67 bits per heavy atom. The van der Waals surface area contributed by atoms with Gasteiger partial charge in [0.1, 0.15) is 11.0 Å². The number of hydrogen-bond donors (Lipinski definition) is 1. The van der Waals surface area contributed by atoms with Crippen LogP contribution in [0, 0.1) is 5.41 Å². The van der Waals surface area contributed by atoms with Crippen LogP contribution in [0.2, 0.25) is 0 Å². The molecule has 1 saturated heterocycles. The molecule has 0 radical (unpaired) electrons. The van der Waals surface area contributed by atoms with E-state index in [1.807, 2.05) is 51.1 Å². The minimum atomic E-state index is -0.795. The molecule has 2 aliphatic rings. The van der Waals surface area contributed by atoms with Gasteiger partial charge < -0.3 is 9.64 Å². The summed E-state index contributed by atoms with van der Waals surface area (Å²) in [4.78, 5) is 26.6. The fraction of sp³-hybridized carbons (Fsp3) is 0.500. The van der Waals surface area contributed by atoms with Gasteiger partial charge in [-0.2, -0.15) is 5.10 Å². The monoisotopic (exact) mass is 329 g/mol. The van der Waals surface area contributed by atoms with Gasteiger partial charge in [0, 0.05) is 13.1 Å². The Morgan fingerprint density at radius 2 is 2.00 bits per heavy atom. The maximum atomic E-state index is 12.6. The molecule has 6 nitrogen and oxygen atoms in total. The number of nitrogens with zero attached hydrogens (tertiary/aromatic N) is 2. The molecular formula is C18H23N3O3. The molecule has 1 N–H and O–H groups in total. The number of hydrogen-bond acceptors (Lipinski definition) is 4. The quantitative estimate of drug-likeness (QED) is 0.860. The lowest BCUT2D eigenvalue weighted by molar-refractivity contribution is -0.128. The van der Waals surface area contributed by atoms with Gasteiger partial charge in [0.05, 0.1) is 5.71 Å². The Hall–Kier alpha value is -2.37. The van der Waals surface area contributed by atoms with Crippen LogP contribution >= 0.6 is 0 Å². The lowest BCUT2D eigenvalue weighted by atomic mass is 9.73. The molecule has 2 aliphatic heterocycles. The molecule has 1 fully saturated rings. The summed E-state index contributed by atoms with van der Waals surface area (Å²) in [5, 5.41) is 4.27. The zero-order chi connectivity index (χ0) is 17.4. The van der Waals surface area contributed by atoms with Crippen molar-refractivity contribution in [2.24, 2.45) is 10.5 Å². The van der Waals surface area contributed by atoms with Crippen molar-refractivity contribution in [2.75, 3.05) is 13.1 Å². The summed E-state index contributed by atoms with van der Waals surface area (Å²) in [6.45, 7) is 6.39. The highest BCUT2D eigenvalue weighted by molar-refractivity contribution is 6.20. The molecule has 1 aromatic carbocycles. The molecule has 24 heavy (non-hydrogen) atoms. The smallest absolute Gasteiger partial charge is 0.410 e. The normalized spacial score (nSPS) is 23.9. The topological polar surface area (TPSA) is 71.0 Å². The molecule has 0 saturated carbocycles. The Kier molecular flexibility index (Phi) is 4.07. The summed E-state index contributed by atoms with van der Waals surface area (Å²) in [5.41, 5.74) is 2.87. The number of amides is 2. The van der Waals surface area contributed by atoms with Crippen molar-refractivity contribution < 1.29 is 14.3 Å². The molecule has 3 rings (SSSR count). The maximum Gasteiger partial charge on any atom is 0.410 e. The second-order valence-electron chi connectivity index (χ2n) is 7.35. The molecule has 2 amide bonds. The van der Waals surface area contributed by atoms with Gasteiger partial charge in [0.25, 0.3) is 5.91 Å². The third-order valence-corrected chi connectivity index (χ3v) is 4.35. The molecule has 1 unspecified atom stereocenters. The highest BCUT2D eigenvalue weighted by Crippen LogP contribution is 2.37. The molecule has 1 atom stereocenters. The van der Waals surface area contributed by atoms with E-state index in [4.69, 9.17) is 4.74 Å². The van der Waals surface area contributed by atoms with Gasteiger partial charge >= 0.3 is 6.09 Å². The number of carbonyl (C=O) groups excluding carboxylic acids is 2. The van der Waals surface area contributed by atoms with E-state index in [1.165, 1.54) is 0 Å². The van der Waals surface area contributed by atoms with Crippen molar-refractivity contribution >= 4 is 17.7 Å². The van der Waals surface area contributed by atoms with E-state index in [2.05, 4.69) is 10.5 Å². The number of nitrogens with one attached hydrogen (secondary N) is 1. The number of carbonyl (C=O) groups is 2. The zero-order valence-corrected chi connectivity index (χ0v) is 14.3. The van der Waals surface area contributed by atoms with Crippen LogP contribution in [0.15, 0.2) is 35.4 Å². The second-order valence-corrected chi connectivity index (χ2v) is 7.35. The molecule has 1 spiro atoms. The van der Waals surface area contributed by atoms with Crippen molar-refractivity contribution in [3.05, 3.63) is 35.9 Å². The number of ether oxygens (including phenoxy) is 1. The second kappa shape index (κ2) is 5.92. The zero-order valence-electron chi connectivity index (χ0n) is 14.3. The average molecular weight is 329 g/mol. The van der Waals surface area contributed by atoms with Crippen molar-refractivity contribution in [2.45, 2.75) is 39.2 Å². The van der Waals surface area contributed by atoms with Gasteiger partial charge in [-0.05, 0) is 39.2 Å². The van der Waals surface area contributed by atoms with E-state index < -0.39 is 11.0 Å². The highest BCUT2D eigenvalue weighted by atomic mass is 16.6. The molecule has 0 bridgehead atoms. The van der Waals surface area contributed by atoms with Crippen molar-refractivity contribution in [3.8, 4) is 0 Å². The Bertz CT molecular complexity index is 678. The number of likely N-dealkylation sites (tertiary alicyclic amines) is 1. The Morgan fingerprint density at radius 1 is 1.29 bits per heavy atom. The molecule has 0 aliphatic carbocycles. The van der Waals surface area contributed by atoms with Crippen molar-refractivity contribution in [3.63, 3.8) is 0 Å². The minimum Gasteiger partial charge on any atom is -0.444 e. The SMILES string of the molecule is CC(C)(C)OC(=O)N1CCCC2(C1)C(=O)NN=C2c1ccccc1. The first kappa shape index (κ1) is 16.5. The van der Waals surface area contributed by atoms with E-state index in [1.54, 1.807) is 4.90 Å². The predicted molar refractivity (Wildman–Crippen MR) is 90.6 cm³/mol. The molecule has 0 aromatic heterocycles. The summed E-state index contributed by atoms with van der Waals surface area (Å²) in [5.74, 6) is -0.144. The lowest BCUT2D eigenvalue weighted by Gasteiger charge is -2.39. The van der Waals surface area contributed by atoms with E-state index in [0.29, 0.717) is 25.2 Å². The van der Waals surface area contributed by atoms with Gasteiger partial charge in [-0.25, -0.2) is 10.2 Å². The summed E-state index contributed by atoms with van der Waals surface area (Å²) in [7, 11) is 0. The maximum absolute atomic E-state index is 12.6. The standard InChI is InChI=1S/C18H23N3O3/c1-17(2,3)24-16(23)21-11-7-10-18(12-21)14(19-20-15(18)22)13-8-5-4-6-9-13/h4-6,8-9H,7,10-12H2,1-3H3,(H,20,22). The summed E-state index contributed by atoms with van der Waals surface area (Å²) < 4.78 is 5.47. The van der Waals surface area contributed by atoms with Crippen LogP contribution in [0.3, 0.4) is 0 Å². The van der Waals surface area contributed by atoms with Gasteiger partial charge in [-0.1, -0.05) is 30.3 Å². The fourth-order valence-electron chi connectivity index (χ4n) is 3.28. The van der Waals surface area contributed by atoms with E-state index in [0.717, 1.165) is 12.0 Å². The number of rotatable bonds is 1. The molecule has 128 valence electrons. The summed E-state index contributed by atoms with van der Waals surface area (Å²) >= 11 is 0. The van der Waals surface area contributed by atoms with Gasteiger partial charge in [0.2, 0.25) is 0 Å². The summed E-state index contributed by atoms with van der Waals surface area (Å²) in [6, 6.07) is 9.64. The third-order valence-electron chi connectivity index (χ3n) is 4.35. The van der Waals surface area contributed by atoms with E-state index in [9.17, 15) is 9.59 Å². The van der Waals surface area contributed by atoms with Crippen LogP contribution in [0.25, 0.3) is 0 Å². The minimum absolute atomic E-state index is 0.144. The first-order valence-electron chi connectivity index (χ1n) is 8.24. The number of benzene rings is 1. The molecule has 1 aromatic rings. The fourth-order valence-corrected chi connectivity index (χ4v) is 3.28. The van der Waals surface area contributed by atoms with Gasteiger partial charge in [0.15, 0.2) is 0 Å². The van der Waals surface area contributed by atoms with Crippen molar-refractivity contribution in [1.82, 2.24) is 10.3 Å². The Labute approximate surface area is 141 Å². The van der Waals surface area contributed by atoms with E-state index in [-0.39, 0.29) is 12.0 Å². The average Bonchev–Trinajstić information content (AvgIpc) is 2.83. The predicted octanol–water partition coefficient (Wildman–Crippen LogP) is 2.54. The highest BCUT2D eigenvalue weighted by Gasteiger charge is 2.51. The largest absolute Gasteiger partial charge is 0.444 e. The third kappa shape index (κ3) is 3.00.